The Morgan fingerprint density at radius 2 is 1.71 bits per heavy atom. The predicted molar refractivity (Wildman–Crippen MR) is 94.9 cm³/mol. The van der Waals surface area contributed by atoms with Crippen molar-refractivity contribution in [3.05, 3.63) is 60.3 Å². The minimum absolute atomic E-state index is 0.567. The maximum absolute atomic E-state index is 5.69. The molecule has 124 valence electrons. The number of nitrogens with zero attached hydrogens (tertiary/aromatic N) is 2. The molecule has 0 aliphatic rings. The van der Waals surface area contributed by atoms with Crippen LogP contribution >= 0.6 is 0 Å². The van der Waals surface area contributed by atoms with Gasteiger partial charge in [0.1, 0.15) is 0 Å². The summed E-state index contributed by atoms with van der Waals surface area (Å²) in [5, 5.41) is 4.71. The standard InChI is InChI=1S/C19H21N3O2/c1-23-18-9-8-14(12-19(18)24-2)17-13-15(10-11-20)21-22(17)16-6-4-3-5-7-16/h3-9,12-13H,10-11,20H2,1-2H3. The van der Waals surface area contributed by atoms with Crippen molar-refractivity contribution in [2.75, 3.05) is 20.8 Å². The van der Waals surface area contributed by atoms with Crippen molar-refractivity contribution in [1.29, 1.82) is 0 Å². The van der Waals surface area contributed by atoms with Gasteiger partial charge in [-0.3, -0.25) is 0 Å². The van der Waals surface area contributed by atoms with E-state index in [1.807, 2.05) is 53.2 Å². The molecule has 0 saturated carbocycles. The Morgan fingerprint density at radius 3 is 2.38 bits per heavy atom. The first-order chi connectivity index (χ1) is 11.8. The van der Waals surface area contributed by atoms with Crippen LogP contribution in [0.25, 0.3) is 16.9 Å². The summed E-state index contributed by atoms with van der Waals surface area (Å²) in [7, 11) is 3.26. The second kappa shape index (κ2) is 7.19. The van der Waals surface area contributed by atoms with Gasteiger partial charge in [-0.15, -0.1) is 0 Å². The maximum Gasteiger partial charge on any atom is 0.161 e. The van der Waals surface area contributed by atoms with E-state index in [0.29, 0.717) is 18.0 Å². The van der Waals surface area contributed by atoms with Crippen molar-refractivity contribution < 1.29 is 9.47 Å². The molecule has 0 unspecified atom stereocenters. The van der Waals surface area contributed by atoms with Gasteiger partial charge >= 0.3 is 0 Å². The Kier molecular flexibility index (Phi) is 4.82. The molecule has 2 N–H and O–H groups in total. The van der Waals surface area contributed by atoms with Crippen LogP contribution in [0.5, 0.6) is 11.5 Å². The van der Waals surface area contributed by atoms with Crippen molar-refractivity contribution in [2.24, 2.45) is 5.73 Å². The highest BCUT2D eigenvalue weighted by molar-refractivity contribution is 5.66. The van der Waals surface area contributed by atoms with Gasteiger partial charge in [-0.1, -0.05) is 18.2 Å². The molecule has 3 aromatic rings. The number of rotatable bonds is 6. The van der Waals surface area contributed by atoms with Crippen LogP contribution in [0.1, 0.15) is 5.69 Å². The van der Waals surface area contributed by atoms with Gasteiger partial charge in [0, 0.05) is 12.0 Å². The van der Waals surface area contributed by atoms with E-state index in [-0.39, 0.29) is 0 Å². The first-order valence-corrected chi connectivity index (χ1v) is 7.83. The SMILES string of the molecule is COc1ccc(-c2cc(CCN)nn2-c2ccccc2)cc1OC. The zero-order valence-corrected chi connectivity index (χ0v) is 13.9. The Morgan fingerprint density at radius 1 is 0.958 bits per heavy atom. The van der Waals surface area contributed by atoms with Gasteiger partial charge in [-0.05, 0) is 42.9 Å². The lowest BCUT2D eigenvalue weighted by molar-refractivity contribution is 0.355. The largest absolute Gasteiger partial charge is 0.493 e. The first-order valence-electron chi connectivity index (χ1n) is 7.83. The molecule has 2 aromatic carbocycles. The third-order valence-electron chi connectivity index (χ3n) is 3.84. The number of benzene rings is 2. The minimum atomic E-state index is 0.567. The minimum Gasteiger partial charge on any atom is -0.493 e. The predicted octanol–water partition coefficient (Wildman–Crippen LogP) is 3.06. The summed E-state index contributed by atoms with van der Waals surface area (Å²) in [6.07, 6.45) is 0.736. The lowest BCUT2D eigenvalue weighted by Crippen LogP contribution is -2.04. The summed E-state index contributed by atoms with van der Waals surface area (Å²) >= 11 is 0. The Hall–Kier alpha value is -2.79. The van der Waals surface area contributed by atoms with Gasteiger partial charge in [0.05, 0.1) is 31.3 Å². The summed E-state index contributed by atoms with van der Waals surface area (Å²) in [6.45, 7) is 0.567. The zero-order valence-electron chi connectivity index (χ0n) is 13.9. The quantitative estimate of drug-likeness (QED) is 0.757. The van der Waals surface area contributed by atoms with E-state index < -0.39 is 0 Å². The van der Waals surface area contributed by atoms with Crippen LogP contribution < -0.4 is 15.2 Å². The number of hydrogen-bond acceptors (Lipinski definition) is 4. The van der Waals surface area contributed by atoms with Gasteiger partial charge in [0.25, 0.3) is 0 Å². The highest BCUT2D eigenvalue weighted by Crippen LogP contribution is 2.33. The molecule has 24 heavy (non-hydrogen) atoms. The van der Waals surface area contributed by atoms with E-state index in [2.05, 4.69) is 6.07 Å². The Bertz CT molecular complexity index is 813. The molecule has 3 rings (SSSR count). The number of methoxy groups -OCH3 is 2. The lowest BCUT2D eigenvalue weighted by Gasteiger charge is -2.11. The molecule has 0 aliphatic carbocycles. The van der Waals surface area contributed by atoms with E-state index in [9.17, 15) is 0 Å². The molecule has 0 atom stereocenters. The van der Waals surface area contributed by atoms with Gasteiger partial charge in [-0.2, -0.15) is 5.10 Å². The Balaban J connectivity index is 2.13. The highest BCUT2D eigenvalue weighted by Gasteiger charge is 2.14. The molecule has 0 fully saturated rings. The van der Waals surface area contributed by atoms with Gasteiger partial charge < -0.3 is 15.2 Å². The Labute approximate surface area is 141 Å². The summed E-state index contributed by atoms with van der Waals surface area (Å²) < 4.78 is 12.7. The molecule has 0 radical (unpaired) electrons. The molecule has 0 bridgehead atoms. The van der Waals surface area contributed by atoms with Crippen LogP contribution in [0, 0.1) is 0 Å². The molecular formula is C19H21N3O2. The molecule has 5 heteroatoms. The van der Waals surface area contributed by atoms with E-state index >= 15 is 0 Å². The number of hydrogen-bond donors (Lipinski definition) is 1. The monoisotopic (exact) mass is 323 g/mol. The third kappa shape index (κ3) is 3.12. The van der Waals surface area contributed by atoms with Crippen LogP contribution in [-0.4, -0.2) is 30.5 Å². The van der Waals surface area contributed by atoms with Gasteiger partial charge in [0.15, 0.2) is 11.5 Å². The first kappa shape index (κ1) is 16.1. The molecular weight excluding hydrogens is 302 g/mol. The van der Waals surface area contributed by atoms with Crippen molar-refractivity contribution in [1.82, 2.24) is 9.78 Å². The topological polar surface area (TPSA) is 62.3 Å². The fourth-order valence-electron chi connectivity index (χ4n) is 2.67. The van der Waals surface area contributed by atoms with Crippen LogP contribution in [0.4, 0.5) is 0 Å². The maximum atomic E-state index is 5.69. The van der Waals surface area contributed by atoms with Crippen molar-refractivity contribution in [2.45, 2.75) is 6.42 Å². The van der Waals surface area contributed by atoms with Crippen LogP contribution in [0.2, 0.25) is 0 Å². The van der Waals surface area contributed by atoms with Crippen molar-refractivity contribution in [3.8, 4) is 28.4 Å². The van der Waals surface area contributed by atoms with E-state index in [0.717, 1.165) is 29.1 Å². The second-order valence-electron chi connectivity index (χ2n) is 5.38. The fraction of sp³-hybridized carbons (Fsp3) is 0.211. The van der Waals surface area contributed by atoms with Crippen LogP contribution in [0.15, 0.2) is 54.6 Å². The fourth-order valence-corrected chi connectivity index (χ4v) is 2.67. The van der Waals surface area contributed by atoms with Crippen LogP contribution in [0.3, 0.4) is 0 Å². The number of para-hydroxylation sites is 1. The molecule has 0 saturated heterocycles. The average Bonchev–Trinajstić information content (AvgIpc) is 3.06. The highest BCUT2D eigenvalue weighted by atomic mass is 16.5. The smallest absolute Gasteiger partial charge is 0.161 e. The molecule has 0 amide bonds. The van der Waals surface area contributed by atoms with Crippen molar-refractivity contribution in [3.63, 3.8) is 0 Å². The molecule has 1 heterocycles. The summed E-state index contributed by atoms with van der Waals surface area (Å²) in [6, 6.07) is 18.0. The van der Waals surface area contributed by atoms with Gasteiger partial charge in [-0.25, -0.2) is 4.68 Å². The number of ether oxygens (including phenoxy) is 2. The normalized spacial score (nSPS) is 10.6. The molecule has 0 spiro atoms. The molecule has 5 nitrogen and oxygen atoms in total. The van der Waals surface area contributed by atoms with E-state index in [1.165, 1.54) is 0 Å². The molecule has 1 aromatic heterocycles. The van der Waals surface area contributed by atoms with Crippen LogP contribution in [-0.2, 0) is 6.42 Å². The summed E-state index contributed by atoms with van der Waals surface area (Å²) in [5.74, 6) is 1.39. The van der Waals surface area contributed by atoms with E-state index in [4.69, 9.17) is 20.3 Å². The lowest BCUT2D eigenvalue weighted by atomic mass is 10.1. The second-order valence-corrected chi connectivity index (χ2v) is 5.38. The van der Waals surface area contributed by atoms with E-state index in [1.54, 1.807) is 14.2 Å². The summed E-state index contributed by atoms with van der Waals surface area (Å²) in [4.78, 5) is 0. The third-order valence-corrected chi connectivity index (χ3v) is 3.84. The molecule has 0 aliphatic heterocycles. The number of aromatic nitrogens is 2. The van der Waals surface area contributed by atoms with Gasteiger partial charge in [0.2, 0.25) is 0 Å². The summed E-state index contributed by atoms with van der Waals surface area (Å²) in [5.41, 5.74) is 9.66. The van der Waals surface area contributed by atoms with Crippen molar-refractivity contribution >= 4 is 0 Å². The zero-order chi connectivity index (χ0) is 16.9. The average molecular weight is 323 g/mol. The number of nitrogens with two attached hydrogens (primary N) is 1.